The van der Waals surface area contributed by atoms with E-state index in [4.69, 9.17) is 9.15 Å². The highest BCUT2D eigenvalue weighted by atomic mass is 16.5. The third-order valence-electron chi connectivity index (χ3n) is 4.27. The summed E-state index contributed by atoms with van der Waals surface area (Å²) >= 11 is 0. The van der Waals surface area contributed by atoms with Crippen molar-refractivity contribution in [1.29, 1.82) is 5.26 Å². The molecule has 0 aliphatic rings. The van der Waals surface area contributed by atoms with Gasteiger partial charge in [-0.1, -0.05) is 36.4 Å². The summed E-state index contributed by atoms with van der Waals surface area (Å²) < 4.78 is 10.5. The van der Waals surface area contributed by atoms with Gasteiger partial charge >= 0.3 is 5.97 Å². The summed E-state index contributed by atoms with van der Waals surface area (Å²) in [5, 5.41) is 12.1. The first kappa shape index (κ1) is 19.6. The maximum atomic E-state index is 12.5. The van der Waals surface area contributed by atoms with Crippen LogP contribution in [0.3, 0.4) is 0 Å². The lowest BCUT2D eigenvalue weighted by molar-refractivity contribution is -0.112. The molecule has 0 fully saturated rings. The molecule has 0 saturated carbocycles. The molecule has 6 nitrogen and oxygen atoms in total. The lowest BCUT2D eigenvalue weighted by Gasteiger charge is -2.07. The van der Waals surface area contributed by atoms with Gasteiger partial charge in [0.25, 0.3) is 5.91 Å². The monoisotopic (exact) mass is 386 g/mol. The largest absolute Gasteiger partial charge is 0.465 e. The predicted octanol–water partition coefficient (Wildman–Crippen LogP) is 4.59. The molecule has 0 bridgehead atoms. The van der Waals surface area contributed by atoms with Gasteiger partial charge < -0.3 is 14.5 Å². The quantitative estimate of drug-likeness (QED) is 0.393. The number of nitrogens with zero attached hydrogens (tertiary/aromatic N) is 1. The summed E-state index contributed by atoms with van der Waals surface area (Å²) in [5.74, 6) is -0.274. The molecule has 1 amide bonds. The fourth-order valence-electron chi connectivity index (χ4n) is 2.75. The average Bonchev–Trinajstić information content (AvgIpc) is 3.21. The van der Waals surface area contributed by atoms with Crippen molar-refractivity contribution in [1.82, 2.24) is 0 Å². The summed E-state index contributed by atoms with van der Waals surface area (Å²) in [5.41, 5.74) is 2.33. The summed E-state index contributed by atoms with van der Waals surface area (Å²) in [6.45, 7) is 1.86. The van der Waals surface area contributed by atoms with Crippen LogP contribution in [-0.4, -0.2) is 19.0 Å². The first-order valence-electron chi connectivity index (χ1n) is 8.80. The van der Waals surface area contributed by atoms with E-state index in [0.717, 1.165) is 5.56 Å². The number of carbonyl (C=O) groups is 2. The third kappa shape index (κ3) is 4.42. The molecule has 0 spiro atoms. The second-order valence-corrected chi connectivity index (χ2v) is 6.18. The Morgan fingerprint density at radius 2 is 1.79 bits per heavy atom. The van der Waals surface area contributed by atoms with Gasteiger partial charge in [-0.2, -0.15) is 5.26 Å². The Morgan fingerprint density at radius 1 is 1.07 bits per heavy atom. The van der Waals surface area contributed by atoms with Crippen molar-refractivity contribution in [3.05, 3.63) is 83.1 Å². The van der Waals surface area contributed by atoms with Gasteiger partial charge in [0.2, 0.25) is 0 Å². The van der Waals surface area contributed by atoms with Crippen molar-refractivity contribution in [3.63, 3.8) is 0 Å². The van der Waals surface area contributed by atoms with Gasteiger partial charge in [-0.3, -0.25) is 4.79 Å². The zero-order valence-electron chi connectivity index (χ0n) is 15.9. The molecule has 1 heterocycles. The first-order chi connectivity index (χ1) is 14.0. The first-order valence-corrected chi connectivity index (χ1v) is 8.80. The Labute approximate surface area is 168 Å². The van der Waals surface area contributed by atoms with Crippen LogP contribution < -0.4 is 5.32 Å². The van der Waals surface area contributed by atoms with E-state index < -0.39 is 11.9 Å². The Bertz CT molecular complexity index is 1140. The van der Waals surface area contributed by atoms with E-state index in [9.17, 15) is 14.9 Å². The third-order valence-corrected chi connectivity index (χ3v) is 4.27. The number of hydrogen-bond donors (Lipinski definition) is 1. The maximum Gasteiger partial charge on any atom is 0.338 e. The molecule has 144 valence electrons. The average molecular weight is 386 g/mol. The molecule has 0 unspecified atom stereocenters. The van der Waals surface area contributed by atoms with Gasteiger partial charge in [-0.15, -0.1) is 0 Å². The minimum Gasteiger partial charge on any atom is -0.465 e. The second-order valence-electron chi connectivity index (χ2n) is 6.18. The van der Waals surface area contributed by atoms with Gasteiger partial charge in [0.15, 0.2) is 0 Å². The Hall–Kier alpha value is -4.11. The lowest BCUT2D eigenvalue weighted by Crippen LogP contribution is -2.14. The van der Waals surface area contributed by atoms with Crippen molar-refractivity contribution in [3.8, 4) is 17.4 Å². The van der Waals surface area contributed by atoms with Crippen LogP contribution in [0.4, 0.5) is 5.69 Å². The number of anilines is 1. The van der Waals surface area contributed by atoms with Crippen molar-refractivity contribution < 1.29 is 18.7 Å². The number of rotatable bonds is 5. The topological polar surface area (TPSA) is 92.3 Å². The van der Waals surface area contributed by atoms with Gasteiger partial charge in [-0.25, -0.2) is 4.79 Å². The van der Waals surface area contributed by atoms with E-state index in [0.29, 0.717) is 28.3 Å². The number of ether oxygens (including phenoxy) is 1. The number of aryl methyl sites for hydroxylation is 1. The number of nitrogens with one attached hydrogen (secondary N) is 1. The standard InChI is InChI=1S/C23H18N2O4/c1-15-7-3-6-10-20(15)25-22(26)16(14-24)13-17-11-12-21(29-17)18-8-4-5-9-19(18)23(27)28-2/h3-13H,1-2H3,(H,25,26). The Balaban J connectivity index is 1.87. The molecule has 0 aliphatic carbocycles. The van der Waals surface area contributed by atoms with Crippen molar-refractivity contribution in [2.75, 3.05) is 12.4 Å². The number of carbonyl (C=O) groups excluding carboxylic acids is 2. The number of benzene rings is 2. The van der Waals surface area contributed by atoms with E-state index in [1.54, 1.807) is 48.5 Å². The number of esters is 1. The Morgan fingerprint density at radius 3 is 2.52 bits per heavy atom. The van der Waals surface area contributed by atoms with Gasteiger partial charge in [-0.05, 0) is 36.8 Å². The molecule has 0 saturated heterocycles. The van der Waals surface area contributed by atoms with Crippen LogP contribution in [0.2, 0.25) is 0 Å². The molecule has 1 aromatic heterocycles. The van der Waals surface area contributed by atoms with Crippen molar-refractivity contribution in [2.45, 2.75) is 6.92 Å². The molecule has 0 radical (unpaired) electrons. The molecular weight excluding hydrogens is 368 g/mol. The van der Waals surface area contributed by atoms with Crippen LogP contribution in [0.5, 0.6) is 0 Å². The zero-order valence-corrected chi connectivity index (χ0v) is 15.9. The number of para-hydroxylation sites is 1. The van der Waals surface area contributed by atoms with Crippen molar-refractivity contribution in [2.24, 2.45) is 0 Å². The minimum atomic E-state index is -0.533. The molecule has 2 aromatic carbocycles. The molecule has 3 aromatic rings. The fraction of sp³-hybridized carbons (Fsp3) is 0.0870. The van der Waals surface area contributed by atoms with Gasteiger partial charge in [0, 0.05) is 17.3 Å². The Kier molecular flexibility index (Phi) is 5.91. The van der Waals surface area contributed by atoms with Crippen LogP contribution in [0.25, 0.3) is 17.4 Å². The van der Waals surface area contributed by atoms with E-state index in [-0.39, 0.29) is 5.57 Å². The molecule has 3 rings (SSSR count). The van der Waals surface area contributed by atoms with E-state index >= 15 is 0 Å². The summed E-state index contributed by atoms with van der Waals surface area (Å²) in [6, 6.07) is 19.3. The van der Waals surface area contributed by atoms with E-state index in [2.05, 4.69) is 5.32 Å². The number of hydrogen-bond acceptors (Lipinski definition) is 5. The second kappa shape index (κ2) is 8.72. The number of furan rings is 1. The maximum absolute atomic E-state index is 12.5. The highest BCUT2D eigenvalue weighted by Crippen LogP contribution is 2.27. The van der Waals surface area contributed by atoms with E-state index in [1.807, 2.05) is 25.1 Å². The molecule has 1 N–H and O–H groups in total. The highest BCUT2D eigenvalue weighted by Gasteiger charge is 2.16. The van der Waals surface area contributed by atoms with Crippen LogP contribution >= 0.6 is 0 Å². The van der Waals surface area contributed by atoms with Crippen LogP contribution in [0, 0.1) is 18.3 Å². The SMILES string of the molecule is COC(=O)c1ccccc1-c1ccc(C=C(C#N)C(=O)Nc2ccccc2C)o1. The smallest absolute Gasteiger partial charge is 0.338 e. The molecule has 6 heteroatoms. The fourth-order valence-corrected chi connectivity index (χ4v) is 2.75. The minimum absolute atomic E-state index is 0.101. The highest BCUT2D eigenvalue weighted by molar-refractivity contribution is 6.09. The zero-order chi connectivity index (χ0) is 20.8. The normalized spacial score (nSPS) is 10.9. The lowest BCUT2D eigenvalue weighted by atomic mass is 10.1. The summed E-state index contributed by atoms with van der Waals surface area (Å²) in [4.78, 5) is 24.4. The number of nitriles is 1. The molecular formula is C23H18N2O4. The summed E-state index contributed by atoms with van der Waals surface area (Å²) in [7, 11) is 1.31. The number of methoxy groups -OCH3 is 1. The predicted molar refractivity (Wildman–Crippen MR) is 109 cm³/mol. The molecule has 0 atom stereocenters. The van der Waals surface area contributed by atoms with Gasteiger partial charge in [0.05, 0.1) is 12.7 Å². The van der Waals surface area contributed by atoms with Crippen LogP contribution in [0.15, 0.2) is 70.7 Å². The van der Waals surface area contributed by atoms with E-state index in [1.165, 1.54) is 13.2 Å². The summed E-state index contributed by atoms with van der Waals surface area (Å²) in [6.07, 6.45) is 1.36. The van der Waals surface area contributed by atoms with Crippen molar-refractivity contribution >= 4 is 23.6 Å². The van der Waals surface area contributed by atoms with Crippen LogP contribution in [-0.2, 0) is 9.53 Å². The number of amides is 1. The molecule has 0 aliphatic heterocycles. The molecule has 29 heavy (non-hydrogen) atoms. The van der Waals surface area contributed by atoms with Gasteiger partial charge in [0.1, 0.15) is 23.2 Å². The van der Waals surface area contributed by atoms with Crippen LogP contribution in [0.1, 0.15) is 21.7 Å².